The normalized spacial score (nSPS) is 23.3. The molecule has 2 heterocycles. The van der Waals surface area contributed by atoms with Crippen LogP contribution < -0.4 is 5.32 Å². The zero-order chi connectivity index (χ0) is 15.2. The lowest BCUT2D eigenvalue weighted by atomic mass is 10.2. The number of nitrogens with zero attached hydrogens (tertiary/aromatic N) is 2. The van der Waals surface area contributed by atoms with Crippen molar-refractivity contribution in [3.8, 4) is 0 Å². The molecule has 1 aliphatic rings. The fourth-order valence-electron chi connectivity index (χ4n) is 2.62. The molecule has 1 aliphatic heterocycles. The summed E-state index contributed by atoms with van der Waals surface area (Å²) < 4.78 is 16.3. The molecule has 2 atom stereocenters. The Labute approximate surface area is 126 Å². The van der Waals surface area contributed by atoms with E-state index in [0.29, 0.717) is 5.92 Å². The molecule has 120 valence electrons. The first-order valence-electron chi connectivity index (χ1n) is 7.55. The molecule has 21 heavy (non-hydrogen) atoms. The number of aromatic nitrogens is 1. The van der Waals surface area contributed by atoms with Gasteiger partial charge in [-0.05, 0) is 12.5 Å². The Bertz CT molecular complexity index is 410. The van der Waals surface area contributed by atoms with E-state index < -0.39 is 0 Å². The summed E-state index contributed by atoms with van der Waals surface area (Å²) in [5.74, 6) is 1.53. The van der Waals surface area contributed by atoms with Gasteiger partial charge in [-0.2, -0.15) is 0 Å². The van der Waals surface area contributed by atoms with Crippen LogP contribution in [0.15, 0.2) is 10.6 Å². The van der Waals surface area contributed by atoms with Crippen molar-refractivity contribution in [1.29, 1.82) is 0 Å². The van der Waals surface area contributed by atoms with E-state index in [4.69, 9.17) is 14.0 Å². The highest BCUT2D eigenvalue weighted by molar-refractivity contribution is 5.06. The SMILES string of the molecule is COC1CN(Cc2cc(CNCC(C)C)no2)CC1OC. The molecule has 2 unspecified atom stereocenters. The van der Waals surface area contributed by atoms with Crippen molar-refractivity contribution in [3.05, 3.63) is 17.5 Å². The van der Waals surface area contributed by atoms with Gasteiger partial charge in [-0.3, -0.25) is 4.90 Å². The highest BCUT2D eigenvalue weighted by atomic mass is 16.5. The fourth-order valence-corrected chi connectivity index (χ4v) is 2.62. The van der Waals surface area contributed by atoms with Crippen LogP contribution in [0.3, 0.4) is 0 Å². The van der Waals surface area contributed by atoms with Gasteiger partial charge in [0.1, 0.15) is 0 Å². The molecule has 1 aromatic rings. The Morgan fingerprint density at radius 2 is 2.00 bits per heavy atom. The third-order valence-corrected chi connectivity index (χ3v) is 3.74. The Kier molecular flexibility index (Phi) is 6.17. The third-order valence-electron chi connectivity index (χ3n) is 3.74. The van der Waals surface area contributed by atoms with Gasteiger partial charge >= 0.3 is 0 Å². The molecule has 1 N–H and O–H groups in total. The first-order chi connectivity index (χ1) is 10.1. The molecule has 2 rings (SSSR count). The van der Waals surface area contributed by atoms with Gasteiger partial charge in [0.05, 0.1) is 24.4 Å². The number of nitrogens with one attached hydrogen (secondary N) is 1. The van der Waals surface area contributed by atoms with E-state index in [9.17, 15) is 0 Å². The lowest BCUT2D eigenvalue weighted by molar-refractivity contribution is -0.00461. The van der Waals surface area contributed by atoms with E-state index in [1.165, 1.54) is 0 Å². The van der Waals surface area contributed by atoms with Crippen molar-refractivity contribution < 1.29 is 14.0 Å². The van der Waals surface area contributed by atoms with E-state index in [-0.39, 0.29) is 12.2 Å². The summed E-state index contributed by atoms with van der Waals surface area (Å²) in [7, 11) is 3.46. The summed E-state index contributed by atoms with van der Waals surface area (Å²) in [5.41, 5.74) is 0.955. The number of likely N-dealkylation sites (tertiary alicyclic amines) is 1. The van der Waals surface area contributed by atoms with E-state index >= 15 is 0 Å². The van der Waals surface area contributed by atoms with Crippen LogP contribution in [0.25, 0.3) is 0 Å². The average Bonchev–Trinajstić information content (AvgIpc) is 3.05. The molecule has 1 saturated heterocycles. The van der Waals surface area contributed by atoms with Gasteiger partial charge in [0.15, 0.2) is 5.76 Å². The van der Waals surface area contributed by atoms with Gasteiger partial charge in [0, 0.05) is 39.9 Å². The van der Waals surface area contributed by atoms with E-state index in [2.05, 4.69) is 29.2 Å². The largest absolute Gasteiger partial charge is 0.377 e. The molecule has 1 fully saturated rings. The van der Waals surface area contributed by atoms with Gasteiger partial charge < -0.3 is 19.3 Å². The van der Waals surface area contributed by atoms with Gasteiger partial charge in [0.25, 0.3) is 0 Å². The van der Waals surface area contributed by atoms with Gasteiger partial charge in [-0.1, -0.05) is 19.0 Å². The van der Waals surface area contributed by atoms with Crippen LogP contribution in [0, 0.1) is 5.92 Å². The first-order valence-corrected chi connectivity index (χ1v) is 7.55. The number of methoxy groups -OCH3 is 2. The quantitative estimate of drug-likeness (QED) is 0.780. The van der Waals surface area contributed by atoms with E-state index in [1.807, 2.05) is 6.07 Å². The topological polar surface area (TPSA) is 59.8 Å². The lowest BCUT2D eigenvalue weighted by Crippen LogP contribution is -2.27. The lowest BCUT2D eigenvalue weighted by Gasteiger charge is -2.13. The van der Waals surface area contributed by atoms with Crippen LogP contribution >= 0.6 is 0 Å². The highest BCUT2D eigenvalue weighted by Gasteiger charge is 2.33. The Morgan fingerprint density at radius 1 is 1.33 bits per heavy atom. The van der Waals surface area contributed by atoms with Crippen LogP contribution in [-0.2, 0) is 22.6 Å². The number of hydrogen-bond donors (Lipinski definition) is 1. The van der Waals surface area contributed by atoms with Crippen molar-refractivity contribution in [2.24, 2.45) is 5.92 Å². The van der Waals surface area contributed by atoms with Gasteiger partial charge in [-0.25, -0.2) is 0 Å². The minimum Gasteiger partial charge on any atom is -0.377 e. The fraction of sp³-hybridized carbons (Fsp3) is 0.800. The minimum atomic E-state index is 0.130. The second-order valence-electron chi connectivity index (χ2n) is 6.05. The molecule has 0 bridgehead atoms. The van der Waals surface area contributed by atoms with Crippen molar-refractivity contribution in [2.75, 3.05) is 33.9 Å². The van der Waals surface area contributed by atoms with Crippen LogP contribution in [-0.4, -0.2) is 56.1 Å². The summed E-state index contributed by atoms with van der Waals surface area (Å²) in [6.07, 6.45) is 0.259. The van der Waals surface area contributed by atoms with Crippen molar-refractivity contribution in [3.63, 3.8) is 0 Å². The van der Waals surface area contributed by atoms with Crippen LogP contribution in [0.2, 0.25) is 0 Å². The minimum absolute atomic E-state index is 0.130. The molecule has 6 heteroatoms. The summed E-state index contributed by atoms with van der Waals surface area (Å²) in [5, 5.41) is 7.47. The molecule has 0 spiro atoms. The predicted molar refractivity (Wildman–Crippen MR) is 79.9 cm³/mol. The first kappa shape index (κ1) is 16.4. The number of hydrogen-bond acceptors (Lipinski definition) is 6. The van der Waals surface area contributed by atoms with Gasteiger partial charge in [-0.15, -0.1) is 0 Å². The smallest absolute Gasteiger partial charge is 0.151 e. The van der Waals surface area contributed by atoms with Crippen molar-refractivity contribution in [2.45, 2.75) is 39.1 Å². The molecule has 0 aromatic carbocycles. The molecule has 0 amide bonds. The second kappa shape index (κ2) is 7.89. The van der Waals surface area contributed by atoms with Crippen LogP contribution in [0.5, 0.6) is 0 Å². The molecular weight excluding hydrogens is 270 g/mol. The maximum atomic E-state index is 5.44. The maximum absolute atomic E-state index is 5.44. The summed E-state index contributed by atoms with van der Waals surface area (Å²) in [6.45, 7) is 8.58. The second-order valence-corrected chi connectivity index (χ2v) is 6.05. The standard InChI is InChI=1S/C15H27N3O3/c1-11(2)6-16-7-12-5-13(21-17-12)8-18-9-14(19-3)15(10-18)20-4/h5,11,14-16H,6-10H2,1-4H3. The molecule has 6 nitrogen and oxygen atoms in total. The predicted octanol–water partition coefficient (Wildman–Crippen LogP) is 1.27. The summed E-state index contributed by atoms with van der Waals surface area (Å²) in [6, 6.07) is 2.02. The van der Waals surface area contributed by atoms with E-state index in [1.54, 1.807) is 14.2 Å². The highest BCUT2D eigenvalue weighted by Crippen LogP contribution is 2.18. The zero-order valence-electron chi connectivity index (χ0n) is 13.5. The summed E-state index contributed by atoms with van der Waals surface area (Å²) in [4.78, 5) is 2.27. The summed E-state index contributed by atoms with van der Waals surface area (Å²) >= 11 is 0. The monoisotopic (exact) mass is 297 g/mol. The van der Waals surface area contributed by atoms with Gasteiger partial charge in [0.2, 0.25) is 0 Å². The molecule has 0 radical (unpaired) electrons. The molecule has 0 saturated carbocycles. The zero-order valence-corrected chi connectivity index (χ0v) is 13.5. The van der Waals surface area contributed by atoms with Crippen LogP contribution in [0.4, 0.5) is 0 Å². The van der Waals surface area contributed by atoms with Crippen molar-refractivity contribution in [1.82, 2.24) is 15.4 Å². The van der Waals surface area contributed by atoms with Crippen molar-refractivity contribution >= 4 is 0 Å². The molecular formula is C15H27N3O3. The maximum Gasteiger partial charge on any atom is 0.151 e. The number of ether oxygens (including phenoxy) is 2. The number of rotatable bonds is 8. The Balaban J connectivity index is 1.80. The molecule has 0 aliphatic carbocycles. The molecule has 1 aromatic heterocycles. The van der Waals surface area contributed by atoms with E-state index in [0.717, 1.165) is 44.2 Å². The third kappa shape index (κ3) is 4.78. The Morgan fingerprint density at radius 3 is 2.57 bits per heavy atom. The Hall–Kier alpha value is -0.950. The average molecular weight is 297 g/mol. The van der Waals surface area contributed by atoms with Crippen LogP contribution in [0.1, 0.15) is 25.3 Å².